The lowest BCUT2D eigenvalue weighted by Gasteiger charge is -2.35. The van der Waals surface area contributed by atoms with Crippen LogP contribution in [0.3, 0.4) is 0 Å². The molecule has 0 aromatic heterocycles. The zero-order valence-electron chi connectivity index (χ0n) is 10.7. The van der Waals surface area contributed by atoms with Crippen molar-refractivity contribution in [2.75, 3.05) is 6.54 Å². The maximum absolute atomic E-state index is 11.9. The van der Waals surface area contributed by atoms with Gasteiger partial charge in [-0.05, 0) is 34.6 Å². The number of carboxylic acids is 1. The van der Waals surface area contributed by atoms with Crippen LogP contribution in [0.15, 0.2) is 0 Å². The van der Waals surface area contributed by atoms with E-state index in [0.29, 0.717) is 6.54 Å². The monoisotopic (exact) mass is 230 g/mol. The molecule has 0 spiro atoms. The number of carbonyl (C=O) groups is 2. The van der Waals surface area contributed by atoms with Crippen LogP contribution in [-0.2, 0) is 9.59 Å². The Morgan fingerprint density at radius 1 is 1.25 bits per heavy atom. The van der Waals surface area contributed by atoms with Gasteiger partial charge in [0.05, 0.1) is 0 Å². The first-order chi connectivity index (χ1) is 7.02. The maximum atomic E-state index is 11.9. The summed E-state index contributed by atoms with van der Waals surface area (Å²) in [6.07, 6.45) is 0.136. The molecule has 0 rings (SSSR count). The van der Waals surface area contributed by atoms with Gasteiger partial charge in [0.2, 0.25) is 5.91 Å². The fourth-order valence-electron chi connectivity index (χ4n) is 1.48. The topological polar surface area (TPSA) is 83.6 Å². The number of likely N-dealkylation sites (N-methyl/N-ethyl adjacent to an activating group) is 1. The van der Waals surface area contributed by atoms with Crippen molar-refractivity contribution < 1.29 is 14.7 Å². The molecule has 5 heteroatoms. The van der Waals surface area contributed by atoms with E-state index in [2.05, 4.69) is 0 Å². The van der Waals surface area contributed by atoms with Gasteiger partial charge in [0.25, 0.3) is 0 Å². The molecule has 5 nitrogen and oxygen atoms in total. The molecule has 0 aromatic rings. The summed E-state index contributed by atoms with van der Waals surface area (Å²) >= 11 is 0. The summed E-state index contributed by atoms with van der Waals surface area (Å²) in [5, 5.41) is 9.06. The van der Waals surface area contributed by atoms with E-state index in [9.17, 15) is 9.59 Å². The van der Waals surface area contributed by atoms with Crippen LogP contribution in [-0.4, -0.2) is 39.5 Å². The quantitative estimate of drug-likeness (QED) is 0.732. The number of amides is 1. The Morgan fingerprint density at radius 2 is 1.69 bits per heavy atom. The minimum Gasteiger partial charge on any atom is -0.480 e. The van der Waals surface area contributed by atoms with E-state index in [1.165, 1.54) is 18.7 Å². The molecule has 0 saturated carbocycles. The molecule has 0 heterocycles. The second-order valence-corrected chi connectivity index (χ2v) is 5.17. The third kappa shape index (κ3) is 3.81. The first kappa shape index (κ1) is 14.9. The van der Waals surface area contributed by atoms with Crippen molar-refractivity contribution in [1.29, 1.82) is 0 Å². The summed E-state index contributed by atoms with van der Waals surface area (Å²) in [7, 11) is 0. The number of carboxylic acid groups (broad SMARTS) is 1. The molecular weight excluding hydrogens is 208 g/mol. The Kier molecular flexibility index (Phi) is 4.49. The van der Waals surface area contributed by atoms with Crippen LogP contribution < -0.4 is 5.73 Å². The van der Waals surface area contributed by atoms with Crippen LogP contribution in [0.5, 0.6) is 0 Å². The van der Waals surface area contributed by atoms with Crippen LogP contribution >= 0.6 is 0 Å². The second kappa shape index (κ2) is 4.82. The fourth-order valence-corrected chi connectivity index (χ4v) is 1.48. The Hall–Kier alpha value is -1.10. The van der Waals surface area contributed by atoms with E-state index >= 15 is 0 Å². The Bertz CT molecular complexity index is 279. The third-order valence-electron chi connectivity index (χ3n) is 2.42. The minimum absolute atomic E-state index is 0.136. The number of nitrogens with zero attached hydrogens (tertiary/aromatic N) is 1. The van der Waals surface area contributed by atoms with Gasteiger partial charge in [-0.3, -0.25) is 4.79 Å². The second-order valence-electron chi connectivity index (χ2n) is 5.17. The van der Waals surface area contributed by atoms with Gasteiger partial charge in [0.1, 0.15) is 5.54 Å². The lowest BCUT2D eigenvalue weighted by molar-refractivity contribution is -0.157. The number of carbonyl (C=O) groups excluding carboxylic acids is 1. The van der Waals surface area contributed by atoms with E-state index < -0.39 is 17.0 Å². The molecule has 16 heavy (non-hydrogen) atoms. The summed E-state index contributed by atoms with van der Waals surface area (Å²) in [6, 6.07) is 0. The lowest BCUT2D eigenvalue weighted by atomic mass is 9.97. The number of nitrogens with two attached hydrogens (primary N) is 1. The molecule has 0 unspecified atom stereocenters. The van der Waals surface area contributed by atoms with Crippen molar-refractivity contribution >= 4 is 11.9 Å². The van der Waals surface area contributed by atoms with E-state index in [4.69, 9.17) is 10.8 Å². The van der Waals surface area contributed by atoms with Gasteiger partial charge < -0.3 is 15.7 Å². The molecule has 0 aliphatic rings. The average molecular weight is 230 g/mol. The summed E-state index contributed by atoms with van der Waals surface area (Å²) < 4.78 is 0. The zero-order chi connectivity index (χ0) is 13.1. The number of hydrogen-bond acceptors (Lipinski definition) is 3. The van der Waals surface area contributed by atoms with Crippen molar-refractivity contribution in [3.8, 4) is 0 Å². The van der Waals surface area contributed by atoms with Gasteiger partial charge in [0.15, 0.2) is 0 Å². The maximum Gasteiger partial charge on any atom is 0.329 e. The highest BCUT2D eigenvalue weighted by Gasteiger charge is 2.37. The van der Waals surface area contributed by atoms with E-state index in [-0.39, 0.29) is 12.3 Å². The summed E-state index contributed by atoms with van der Waals surface area (Å²) in [4.78, 5) is 24.3. The largest absolute Gasteiger partial charge is 0.480 e. The average Bonchev–Trinajstić information content (AvgIpc) is 2.00. The summed E-state index contributed by atoms with van der Waals surface area (Å²) in [6.45, 7) is 8.62. The van der Waals surface area contributed by atoms with E-state index in [1.54, 1.807) is 20.8 Å². The van der Waals surface area contributed by atoms with E-state index in [1.807, 2.05) is 0 Å². The van der Waals surface area contributed by atoms with Crippen molar-refractivity contribution in [3.05, 3.63) is 0 Å². The van der Waals surface area contributed by atoms with Crippen LogP contribution in [0.4, 0.5) is 0 Å². The van der Waals surface area contributed by atoms with Gasteiger partial charge in [0, 0.05) is 18.5 Å². The molecule has 0 atom stereocenters. The summed E-state index contributed by atoms with van der Waals surface area (Å²) in [5.41, 5.74) is 3.93. The van der Waals surface area contributed by atoms with E-state index in [0.717, 1.165) is 0 Å². The molecule has 1 amide bonds. The molecule has 0 aliphatic heterocycles. The Labute approximate surface area is 96.6 Å². The standard InChI is InChI=1S/C11H22N2O3/c1-6-13(11(4,5)9(15)16)8(14)7-10(2,3)12/h6-7,12H2,1-5H3,(H,15,16). The van der Waals surface area contributed by atoms with Gasteiger partial charge in [-0.15, -0.1) is 0 Å². The van der Waals surface area contributed by atoms with Crippen molar-refractivity contribution in [2.24, 2.45) is 5.73 Å². The predicted molar refractivity (Wildman–Crippen MR) is 62.0 cm³/mol. The molecule has 0 bridgehead atoms. The molecule has 3 N–H and O–H groups in total. The molecular formula is C11H22N2O3. The van der Waals surface area contributed by atoms with Crippen LogP contribution in [0.2, 0.25) is 0 Å². The molecule has 0 fully saturated rings. The predicted octanol–water partition coefficient (Wildman–Crippen LogP) is 0.825. The van der Waals surface area contributed by atoms with Crippen molar-refractivity contribution in [2.45, 2.75) is 52.1 Å². The van der Waals surface area contributed by atoms with Crippen LogP contribution in [0, 0.1) is 0 Å². The van der Waals surface area contributed by atoms with Gasteiger partial charge in [-0.25, -0.2) is 4.79 Å². The highest BCUT2D eigenvalue weighted by Crippen LogP contribution is 2.18. The van der Waals surface area contributed by atoms with Crippen molar-refractivity contribution in [1.82, 2.24) is 4.90 Å². The molecule has 0 saturated heterocycles. The molecule has 0 aliphatic carbocycles. The van der Waals surface area contributed by atoms with Gasteiger partial charge in [-0.2, -0.15) is 0 Å². The normalized spacial score (nSPS) is 12.4. The highest BCUT2D eigenvalue weighted by molar-refractivity contribution is 5.86. The van der Waals surface area contributed by atoms with Crippen LogP contribution in [0.25, 0.3) is 0 Å². The Balaban J connectivity index is 4.88. The third-order valence-corrected chi connectivity index (χ3v) is 2.42. The zero-order valence-corrected chi connectivity index (χ0v) is 10.7. The van der Waals surface area contributed by atoms with Crippen molar-refractivity contribution in [3.63, 3.8) is 0 Å². The number of hydrogen-bond donors (Lipinski definition) is 2. The smallest absolute Gasteiger partial charge is 0.329 e. The first-order valence-electron chi connectivity index (χ1n) is 5.35. The lowest BCUT2D eigenvalue weighted by Crippen LogP contribution is -2.54. The Morgan fingerprint density at radius 3 is 1.94 bits per heavy atom. The fraction of sp³-hybridized carbons (Fsp3) is 0.818. The SMILES string of the molecule is CCN(C(=O)CC(C)(C)N)C(C)(C)C(=O)O. The van der Waals surface area contributed by atoms with Gasteiger partial charge in [-0.1, -0.05) is 0 Å². The first-order valence-corrected chi connectivity index (χ1v) is 5.35. The van der Waals surface area contributed by atoms with Crippen LogP contribution in [0.1, 0.15) is 41.0 Å². The summed E-state index contributed by atoms with van der Waals surface area (Å²) in [5.74, 6) is -1.25. The molecule has 0 aromatic carbocycles. The number of aliphatic carboxylic acids is 1. The van der Waals surface area contributed by atoms with Gasteiger partial charge >= 0.3 is 5.97 Å². The number of rotatable bonds is 5. The molecule has 0 radical (unpaired) electrons. The minimum atomic E-state index is -1.20. The molecule has 94 valence electrons. The highest BCUT2D eigenvalue weighted by atomic mass is 16.4.